The number of alkyl halides is 3. The van der Waals surface area contributed by atoms with Crippen LogP contribution in [0.1, 0.15) is 45.5 Å². The molecule has 5 aromatic rings. The highest BCUT2D eigenvalue weighted by Gasteiger charge is 2.48. The van der Waals surface area contributed by atoms with Crippen molar-refractivity contribution < 1.29 is 32.6 Å². The third-order valence-corrected chi connectivity index (χ3v) is 10.8. The molecule has 3 aliphatic heterocycles. The molecule has 292 valence electrons. The predicted octanol–water partition coefficient (Wildman–Crippen LogP) is 3.87. The van der Waals surface area contributed by atoms with E-state index < -0.39 is 35.7 Å². The van der Waals surface area contributed by atoms with Crippen LogP contribution in [-0.4, -0.2) is 102 Å². The van der Waals surface area contributed by atoms with Gasteiger partial charge in [-0.2, -0.15) is 22.7 Å². The van der Waals surface area contributed by atoms with Crippen LogP contribution < -0.4 is 15.8 Å². The Morgan fingerprint density at radius 3 is 2.50 bits per heavy atom. The monoisotopic (exact) mass is 792 g/mol. The van der Waals surface area contributed by atoms with Crippen molar-refractivity contribution in [3.63, 3.8) is 0 Å². The average molecular weight is 793 g/mol. The van der Waals surface area contributed by atoms with E-state index in [0.29, 0.717) is 17.9 Å². The molecule has 3 aliphatic rings. The summed E-state index contributed by atoms with van der Waals surface area (Å²) in [5, 5.41) is 17.4. The standard InChI is InChI=1S/C37H36ClF3N10O5/c1-4-27-30(48-9-11-49(12-10-48)33(54)29-31(53)20(2)42-19-43-29)34(55)51-35(50(27)15-28(52)44-26-8-6-23(14-25(26)38)37(39,40)41)45-32(46-51)21-5-7-24-22(13-21)16-56-36(24)17-47(3)18-36/h5-8,13-14,19,53H,4,9-12,15-18H2,1-3H3,(H,44,52). The Balaban J connectivity index is 1.15. The number of likely N-dealkylation sites (N-methyl/N-ethyl adjacent to an activating group) is 1. The van der Waals surface area contributed by atoms with Gasteiger partial charge >= 0.3 is 6.18 Å². The Morgan fingerprint density at radius 1 is 1.07 bits per heavy atom. The zero-order chi connectivity index (χ0) is 39.7. The van der Waals surface area contributed by atoms with Gasteiger partial charge < -0.3 is 29.5 Å². The first-order chi connectivity index (χ1) is 26.7. The molecule has 0 radical (unpaired) electrons. The second-order valence-corrected chi connectivity index (χ2v) is 14.6. The second kappa shape index (κ2) is 13.9. The van der Waals surface area contributed by atoms with Crippen molar-refractivity contribution in [3.8, 4) is 17.1 Å². The molecule has 56 heavy (non-hydrogen) atoms. The Bertz CT molecular complexity index is 2470. The van der Waals surface area contributed by atoms with Gasteiger partial charge in [0.2, 0.25) is 11.7 Å². The van der Waals surface area contributed by atoms with E-state index in [9.17, 15) is 32.7 Å². The lowest BCUT2D eigenvalue weighted by Crippen LogP contribution is -2.57. The maximum absolute atomic E-state index is 14.4. The minimum Gasteiger partial charge on any atom is -0.504 e. The Labute approximate surface area is 322 Å². The van der Waals surface area contributed by atoms with Crippen molar-refractivity contribution in [1.82, 2.24) is 38.9 Å². The first kappa shape index (κ1) is 37.3. The van der Waals surface area contributed by atoms with Crippen LogP contribution in [0.2, 0.25) is 5.02 Å². The number of nitrogens with zero attached hydrogens (tertiary/aromatic N) is 9. The van der Waals surface area contributed by atoms with E-state index in [1.807, 2.05) is 37.1 Å². The zero-order valence-electron chi connectivity index (χ0n) is 30.5. The largest absolute Gasteiger partial charge is 0.504 e. The fourth-order valence-electron chi connectivity index (χ4n) is 7.76. The van der Waals surface area contributed by atoms with Gasteiger partial charge in [0.15, 0.2) is 17.3 Å². The molecule has 0 bridgehead atoms. The summed E-state index contributed by atoms with van der Waals surface area (Å²) in [6, 6.07) is 8.46. The molecule has 2 saturated heterocycles. The number of hydrogen-bond acceptors (Lipinski definition) is 11. The summed E-state index contributed by atoms with van der Waals surface area (Å²) in [5.41, 5.74) is 1.77. The Hall–Kier alpha value is -5.59. The third kappa shape index (κ3) is 6.40. The number of aryl methyl sites for hydroxylation is 1. The van der Waals surface area contributed by atoms with E-state index in [2.05, 4.69) is 25.3 Å². The molecular weight excluding hydrogens is 757 g/mol. The number of nitrogens with one attached hydrogen (secondary N) is 1. The summed E-state index contributed by atoms with van der Waals surface area (Å²) >= 11 is 6.17. The van der Waals surface area contributed by atoms with Crippen LogP contribution in [0, 0.1) is 6.92 Å². The third-order valence-electron chi connectivity index (χ3n) is 10.5. The van der Waals surface area contributed by atoms with E-state index in [1.54, 1.807) is 11.5 Å². The number of aromatic hydroxyl groups is 1. The summed E-state index contributed by atoms with van der Waals surface area (Å²) < 4.78 is 48.8. The molecule has 1 spiro atoms. The Morgan fingerprint density at radius 2 is 1.82 bits per heavy atom. The Kier molecular flexibility index (Phi) is 9.24. The van der Waals surface area contributed by atoms with Crippen LogP contribution in [0.4, 0.5) is 24.5 Å². The van der Waals surface area contributed by atoms with Crippen LogP contribution >= 0.6 is 11.6 Å². The van der Waals surface area contributed by atoms with Crippen molar-refractivity contribution in [3.05, 3.63) is 91.9 Å². The minimum atomic E-state index is -4.62. The molecule has 0 atom stereocenters. The van der Waals surface area contributed by atoms with Crippen LogP contribution in [0.5, 0.6) is 5.75 Å². The molecule has 0 unspecified atom stereocenters. The van der Waals surface area contributed by atoms with Gasteiger partial charge in [0.05, 0.1) is 34.3 Å². The molecule has 19 heteroatoms. The average Bonchev–Trinajstić information content (AvgIpc) is 3.77. The van der Waals surface area contributed by atoms with Crippen molar-refractivity contribution in [1.29, 1.82) is 0 Å². The number of aromatic nitrogens is 6. The number of carbonyl (C=O) groups is 2. The predicted molar refractivity (Wildman–Crippen MR) is 198 cm³/mol. The number of fused-ring (bicyclic) bond motifs is 3. The highest BCUT2D eigenvalue weighted by Crippen LogP contribution is 2.44. The molecule has 15 nitrogen and oxygen atoms in total. The lowest BCUT2D eigenvalue weighted by Gasteiger charge is -2.45. The van der Waals surface area contributed by atoms with Gasteiger partial charge in [0.1, 0.15) is 24.2 Å². The molecule has 0 aliphatic carbocycles. The van der Waals surface area contributed by atoms with Gasteiger partial charge in [-0.25, -0.2) is 9.97 Å². The highest BCUT2D eigenvalue weighted by molar-refractivity contribution is 6.33. The molecule has 2 N–H and O–H groups in total. The summed E-state index contributed by atoms with van der Waals surface area (Å²) in [7, 11) is 2.03. The zero-order valence-corrected chi connectivity index (χ0v) is 31.3. The van der Waals surface area contributed by atoms with Crippen LogP contribution in [0.3, 0.4) is 0 Å². The molecular formula is C37H36ClF3N10O5. The van der Waals surface area contributed by atoms with E-state index in [-0.39, 0.29) is 83.3 Å². The summed E-state index contributed by atoms with van der Waals surface area (Å²) in [4.78, 5) is 59.6. The first-order valence-corrected chi connectivity index (χ1v) is 18.3. The van der Waals surface area contributed by atoms with Crippen molar-refractivity contribution in [2.75, 3.05) is 56.5 Å². The van der Waals surface area contributed by atoms with E-state index >= 15 is 0 Å². The van der Waals surface area contributed by atoms with Gasteiger partial charge in [0.25, 0.3) is 11.5 Å². The van der Waals surface area contributed by atoms with Gasteiger partial charge in [0, 0.05) is 44.8 Å². The number of hydrogen-bond donors (Lipinski definition) is 2. The molecule has 2 amide bonds. The number of ether oxygens (including phenoxy) is 1. The van der Waals surface area contributed by atoms with Gasteiger partial charge in [-0.1, -0.05) is 30.7 Å². The molecule has 2 fully saturated rings. The molecule has 6 heterocycles. The van der Waals surface area contributed by atoms with Crippen molar-refractivity contribution in [2.45, 2.75) is 45.2 Å². The quantitative estimate of drug-likeness (QED) is 0.246. The number of rotatable bonds is 7. The summed E-state index contributed by atoms with van der Waals surface area (Å²) in [6.07, 6.45) is -3.14. The molecule has 0 saturated carbocycles. The topological polar surface area (TPSA) is 163 Å². The first-order valence-electron chi connectivity index (χ1n) is 17.9. The number of amides is 2. The van der Waals surface area contributed by atoms with Crippen LogP contribution in [0.25, 0.3) is 17.2 Å². The van der Waals surface area contributed by atoms with Gasteiger partial charge in [-0.05, 0) is 55.8 Å². The van der Waals surface area contributed by atoms with Gasteiger partial charge in [-0.3, -0.25) is 19.3 Å². The molecule has 3 aromatic heterocycles. The number of likely N-dealkylation sites (tertiary alicyclic amines) is 1. The molecule has 2 aromatic carbocycles. The number of anilines is 2. The van der Waals surface area contributed by atoms with E-state index in [4.69, 9.17) is 21.3 Å². The summed E-state index contributed by atoms with van der Waals surface area (Å²) in [6.45, 7) is 5.78. The number of carbonyl (C=O) groups excluding carboxylic acids is 2. The van der Waals surface area contributed by atoms with Gasteiger partial charge in [-0.15, -0.1) is 5.10 Å². The molecule has 8 rings (SSSR count). The number of piperazine rings is 1. The van der Waals surface area contributed by atoms with Crippen LogP contribution in [-0.2, 0) is 40.9 Å². The van der Waals surface area contributed by atoms with E-state index in [0.717, 1.165) is 46.9 Å². The fourth-order valence-corrected chi connectivity index (χ4v) is 7.99. The normalized spacial score (nSPS) is 16.7. The fraction of sp³-hybridized carbons (Fsp3) is 0.378. The number of halogens is 4. The lowest BCUT2D eigenvalue weighted by molar-refractivity contribution is -0.137. The van der Waals surface area contributed by atoms with Crippen molar-refractivity contribution in [2.24, 2.45) is 0 Å². The minimum absolute atomic E-state index is 0.0244. The lowest BCUT2D eigenvalue weighted by atomic mass is 9.85. The SMILES string of the molecule is CCc1c(N2CCN(C(=O)c3ncnc(C)c3O)CC2)c(=O)n2nc(-c3ccc4c(c3)COC43CN(C)C3)nc2n1CC(=O)Nc1ccc(C(F)(F)F)cc1Cl. The smallest absolute Gasteiger partial charge is 0.416 e. The van der Waals surface area contributed by atoms with Crippen LogP contribution in [0.15, 0.2) is 47.5 Å². The maximum atomic E-state index is 14.4. The second-order valence-electron chi connectivity index (χ2n) is 14.2. The van der Waals surface area contributed by atoms with E-state index in [1.165, 1.54) is 11.2 Å². The summed E-state index contributed by atoms with van der Waals surface area (Å²) in [5.74, 6) is -1.10. The van der Waals surface area contributed by atoms with Crippen molar-refractivity contribution >= 4 is 40.6 Å². The highest BCUT2D eigenvalue weighted by atomic mass is 35.5. The number of benzene rings is 2. The maximum Gasteiger partial charge on any atom is 0.416 e.